The molecule has 0 bridgehead atoms. The van der Waals surface area contributed by atoms with Gasteiger partial charge in [-0.25, -0.2) is 0 Å². The van der Waals surface area contributed by atoms with Crippen LogP contribution in [0.3, 0.4) is 0 Å². The van der Waals surface area contributed by atoms with Gasteiger partial charge in [0, 0.05) is 12.1 Å². The molecule has 102 valence electrons. The fourth-order valence-electron chi connectivity index (χ4n) is 2.02. The summed E-state index contributed by atoms with van der Waals surface area (Å²) in [5.41, 5.74) is 0.757. The summed E-state index contributed by atoms with van der Waals surface area (Å²) < 4.78 is 10.4. The van der Waals surface area contributed by atoms with Gasteiger partial charge in [0.25, 0.3) is 5.69 Å². The summed E-state index contributed by atoms with van der Waals surface area (Å²) in [5, 5.41) is 10.6. The first kappa shape index (κ1) is 13.3. The molecular weight excluding hydrogens is 250 g/mol. The van der Waals surface area contributed by atoms with Gasteiger partial charge in [-0.2, -0.15) is 0 Å². The fourth-order valence-corrected chi connectivity index (χ4v) is 2.02. The van der Waals surface area contributed by atoms with Gasteiger partial charge in [-0.1, -0.05) is 0 Å². The van der Waals surface area contributed by atoms with Crippen LogP contribution in [0.1, 0.15) is 18.4 Å². The van der Waals surface area contributed by atoms with E-state index in [9.17, 15) is 14.9 Å². The number of hydrogen-bond donors (Lipinski definition) is 0. The van der Waals surface area contributed by atoms with Gasteiger partial charge in [0.05, 0.1) is 24.1 Å². The van der Waals surface area contributed by atoms with Crippen molar-refractivity contribution in [2.75, 3.05) is 13.2 Å². The lowest BCUT2D eigenvalue weighted by Gasteiger charge is -2.10. The van der Waals surface area contributed by atoms with Crippen LogP contribution in [0.5, 0.6) is 5.75 Å². The number of hydrogen-bond acceptors (Lipinski definition) is 5. The Hall–Kier alpha value is -2.11. The average Bonchev–Trinajstić information content (AvgIpc) is 2.77. The molecule has 1 unspecified atom stereocenters. The van der Waals surface area contributed by atoms with Crippen LogP contribution in [-0.2, 0) is 9.53 Å². The monoisotopic (exact) mass is 265 g/mol. The Morgan fingerprint density at radius 2 is 2.32 bits per heavy atom. The van der Waals surface area contributed by atoms with Crippen LogP contribution in [0.25, 0.3) is 0 Å². The van der Waals surface area contributed by atoms with Crippen molar-refractivity contribution >= 4 is 11.7 Å². The summed E-state index contributed by atoms with van der Waals surface area (Å²) in [4.78, 5) is 21.4. The van der Waals surface area contributed by atoms with Crippen LogP contribution < -0.4 is 4.74 Å². The Bertz CT molecular complexity index is 500. The number of nitro groups is 1. The van der Waals surface area contributed by atoms with Crippen LogP contribution in [0, 0.1) is 23.0 Å². The molecule has 2 rings (SSSR count). The van der Waals surface area contributed by atoms with Crippen molar-refractivity contribution < 1.29 is 19.2 Å². The Morgan fingerprint density at radius 3 is 2.89 bits per heavy atom. The molecule has 0 amide bonds. The van der Waals surface area contributed by atoms with E-state index in [1.807, 2.05) is 0 Å². The number of rotatable bonds is 5. The fraction of sp³-hybridized carbons (Fsp3) is 0.462. The molecule has 0 aromatic heterocycles. The zero-order valence-electron chi connectivity index (χ0n) is 10.6. The van der Waals surface area contributed by atoms with Gasteiger partial charge in [0.2, 0.25) is 0 Å². The number of aryl methyl sites for hydroxylation is 1. The number of cyclic esters (lactones) is 1. The number of non-ortho nitro benzene ring substituents is 1. The summed E-state index contributed by atoms with van der Waals surface area (Å²) in [5.74, 6) is 0.361. The quantitative estimate of drug-likeness (QED) is 0.463. The summed E-state index contributed by atoms with van der Waals surface area (Å²) >= 11 is 0. The topological polar surface area (TPSA) is 78.7 Å². The van der Waals surface area contributed by atoms with Gasteiger partial charge in [-0.15, -0.1) is 0 Å². The molecule has 1 atom stereocenters. The molecule has 1 heterocycles. The number of ether oxygens (including phenoxy) is 2. The van der Waals surface area contributed by atoms with Crippen molar-refractivity contribution in [3.63, 3.8) is 0 Å². The molecule has 0 N–H and O–H groups in total. The molecule has 1 aromatic rings. The van der Waals surface area contributed by atoms with Gasteiger partial charge in [0.1, 0.15) is 5.75 Å². The summed E-state index contributed by atoms with van der Waals surface area (Å²) in [6.45, 7) is 2.64. The Kier molecular flexibility index (Phi) is 3.99. The predicted octanol–water partition coefficient (Wildman–Crippen LogP) is 2.24. The summed E-state index contributed by atoms with van der Waals surface area (Å²) in [7, 11) is 0. The SMILES string of the molecule is Cc1cc([N+](=O)[O-])ccc1OCCC1CCOC1=O. The Labute approximate surface area is 110 Å². The first-order valence-corrected chi connectivity index (χ1v) is 6.12. The first-order valence-electron chi connectivity index (χ1n) is 6.12. The molecule has 6 nitrogen and oxygen atoms in total. The standard InChI is InChI=1S/C13H15NO5/c1-9-8-11(14(16)17)2-3-12(9)18-6-4-10-5-7-19-13(10)15/h2-3,8,10H,4-7H2,1H3. The average molecular weight is 265 g/mol. The van der Waals surface area contributed by atoms with Crippen molar-refractivity contribution in [1.82, 2.24) is 0 Å². The molecule has 0 spiro atoms. The minimum absolute atomic E-state index is 0.0456. The van der Waals surface area contributed by atoms with E-state index >= 15 is 0 Å². The van der Waals surface area contributed by atoms with E-state index in [0.717, 1.165) is 6.42 Å². The molecule has 1 aromatic carbocycles. The van der Waals surface area contributed by atoms with Crippen LogP contribution in [0.4, 0.5) is 5.69 Å². The Morgan fingerprint density at radius 1 is 1.53 bits per heavy atom. The third-order valence-corrected chi connectivity index (χ3v) is 3.14. The van der Waals surface area contributed by atoms with E-state index in [1.165, 1.54) is 12.1 Å². The number of carbonyl (C=O) groups excluding carboxylic acids is 1. The van der Waals surface area contributed by atoms with Crippen molar-refractivity contribution in [2.45, 2.75) is 19.8 Å². The zero-order valence-corrected chi connectivity index (χ0v) is 10.6. The minimum atomic E-state index is -0.439. The lowest BCUT2D eigenvalue weighted by atomic mass is 10.1. The highest BCUT2D eigenvalue weighted by Gasteiger charge is 2.26. The van der Waals surface area contributed by atoms with Gasteiger partial charge >= 0.3 is 5.97 Å². The minimum Gasteiger partial charge on any atom is -0.493 e. The molecule has 1 fully saturated rings. The number of carbonyl (C=O) groups is 1. The second-order valence-electron chi connectivity index (χ2n) is 4.50. The highest BCUT2D eigenvalue weighted by molar-refractivity contribution is 5.74. The molecule has 6 heteroatoms. The third kappa shape index (κ3) is 3.21. The maximum absolute atomic E-state index is 11.3. The van der Waals surface area contributed by atoms with Crippen LogP contribution in [0.2, 0.25) is 0 Å². The second-order valence-corrected chi connectivity index (χ2v) is 4.50. The molecule has 1 aliphatic heterocycles. The molecule has 1 aliphatic rings. The predicted molar refractivity (Wildman–Crippen MR) is 67.0 cm³/mol. The number of nitrogens with zero attached hydrogens (tertiary/aromatic N) is 1. The molecule has 19 heavy (non-hydrogen) atoms. The van der Waals surface area contributed by atoms with E-state index in [2.05, 4.69) is 0 Å². The van der Waals surface area contributed by atoms with Crippen LogP contribution >= 0.6 is 0 Å². The van der Waals surface area contributed by atoms with Gasteiger partial charge in [0.15, 0.2) is 0 Å². The Balaban J connectivity index is 1.89. The maximum Gasteiger partial charge on any atom is 0.309 e. The van der Waals surface area contributed by atoms with E-state index in [4.69, 9.17) is 9.47 Å². The normalized spacial score (nSPS) is 18.2. The maximum atomic E-state index is 11.3. The van der Waals surface area contributed by atoms with Crippen LogP contribution in [0.15, 0.2) is 18.2 Å². The smallest absolute Gasteiger partial charge is 0.309 e. The zero-order chi connectivity index (χ0) is 13.8. The molecular formula is C13H15NO5. The molecule has 0 saturated carbocycles. The third-order valence-electron chi connectivity index (χ3n) is 3.14. The number of nitro benzene ring substituents is 1. The second kappa shape index (κ2) is 5.69. The summed E-state index contributed by atoms with van der Waals surface area (Å²) in [6.07, 6.45) is 1.34. The highest BCUT2D eigenvalue weighted by Crippen LogP contribution is 2.24. The lowest BCUT2D eigenvalue weighted by molar-refractivity contribution is -0.384. The molecule has 0 aliphatic carbocycles. The van der Waals surface area contributed by atoms with Gasteiger partial charge in [-0.05, 0) is 31.4 Å². The largest absolute Gasteiger partial charge is 0.493 e. The molecule has 0 radical (unpaired) electrons. The van der Waals surface area contributed by atoms with Crippen molar-refractivity contribution in [1.29, 1.82) is 0 Å². The number of benzene rings is 1. The van der Waals surface area contributed by atoms with E-state index < -0.39 is 4.92 Å². The van der Waals surface area contributed by atoms with Gasteiger partial charge in [-0.3, -0.25) is 14.9 Å². The van der Waals surface area contributed by atoms with Crippen molar-refractivity contribution in [3.8, 4) is 5.75 Å². The summed E-state index contributed by atoms with van der Waals surface area (Å²) in [6, 6.07) is 4.46. The van der Waals surface area contributed by atoms with Crippen LogP contribution in [-0.4, -0.2) is 24.1 Å². The van der Waals surface area contributed by atoms with E-state index in [-0.39, 0.29) is 17.6 Å². The number of esters is 1. The lowest BCUT2D eigenvalue weighted by Crippen LogP contribution is -2.12. The van der Waals surface area contributed by atoms with Crippen molar-refractivity contribution in [3.05, 3.63) is 33.9 Å². The highest BCUT2D eigenvalue weighted by atomic mass is 16.6. The molecule has 1 saturated heterocycles. The van der Waals surface area contributed by atoms with Gasteiger partial charge < -0.3 is 9.47 Å². The van der Waals surface area contributed by atoms with E-state index in [0.29, 0.717) is 30.9 Å². The van der Waals surface area contributed by atoms with Crippen molar-refractivity contribution in [2.24, 2.45) is 5.92 Å². The first-order chi connectivity index (χ1) is 9.08. The van der Waals surface area contributed by atoms with E-state index in [1.54, 1.807) is 13.0 Å².